The molecule has 0 spiro atoms. The number of rotatable bonds is 5. The number of hydrogen-bond acceptors (Lipinski definition) is 2. The predicted molar refractivity (Wildman–Crippen MR) is 133 cm³/mol. The average molecular weight is 430 g/mol. The van der Waals surface area contributed by atoms with E-state index < -0.39 is 5.56 Å². The molecule has 1 heterocycles. The molecule has 0 bridgehead atoms. The van der Waals surface area contributed by atoms with Crippen molar-refractivity contribution in [3.8, 4) is 33.5 Å². The van der Waals surface area contributed by atoms with Gasteiger partial charge in [-0.2, -0.15) is 0 Å². The van der Waals surface area contributed by atoms with Crippen molar-refractivity contribution in [3.63, 3.8) is 0 Å². The van der Waals surface area contributed by atoms with Gasteiger partial charge in [0.05, 0.1) is 5.69 Å². The van der Waals surface area contributed by atoms with Gasteiger partial charge in [0.15, 0.2) is 0 Å². The lowest BCUT2D eigenvalue weighted by molar-refractivity contribution is 0.179. The SMILES string of the molecule is O=c1c(Cc2ccc(-c3ccccc3)cc2)cc(-c2ccccc2)c(-c2ccccc2)n1O. The van der Waals surface area contributed by atoms with E-state index in [1.54, 1.807) is 0 Å². The van der Waals surface area contributed by atoms with Crippen LogP contribution in [0, 0.1) is 0 Å². The van der Waals surface area contributed by atoms with Crippen LogP contribution in [0.2, 0.25) is 0 Å². The molecule has 3 nitrogen and oxygen atoms in total. The Morgan fingerprint density at radius 2 is 1.06 bits per heavy atom. The second-order valence-corrected chi connectivity index (χ2v) is 8.02. The first-order valence-electron chi connectivity index (χ1n) is 10.9. The first-order valence-corrected chi connectivity index (χ1v) is 10.9. The molecule has 1 N–H and O–H groups in total. The van der Waals surface area contributed by atoms with Crippen LogP contribution in [0.5, 0.6) is 0 Å². The van der Waals surface area contributed by atoms with Gasteiger partial charge in [-0.25, -0.2) is 0 Å². The Balaban J connectivity index is 1.58. The third-order valence-corrected chi connectivity index (χ3v) is 5.84. The van der Waals surface area contributed by atoms with Crippen molar-refractivity contribution in [1.82, 2.24) is 4.73 Å². The highest BCUT2D eigenvalue weighted by molar-refractivity contribution is 5.81. The van der Waals surface area contributed by atoms with Crippen molar-refractivity contribution in [1.29, 1.82) is 0 Å². The molecule has 5 aromatic rings. The van der Waals surface area contributed by atoms with Crippen LogP contribution in [0.3, 0.4) is 0 Å². The Hall–Kier alpha value is -4.37. The summed E-state index contributed by atoms with van der Waals surface area (Å²) < 4.78 is 0.797. The fourth-order valence-electron chi connectivity index (χ4n) is 4.16. The summed E-state index contributed by atoms with van der Waals surface area (Å²) >= 11 is 0. The van der Waals surface area contributed by atoms with Crippen molar-refractivity contribution in [3.05, 3.63) is 143 Å². The van der Waals surface area contributed by atoms with E-state index in [2.05, 4.69) is 24.3 Å². The Morgan fingerprint density at radius 3 is 1.64 bits per heavy atom. The van der Waals surface area contributed by atoms with E-state index in [9.17, 15) is 10.0 Å². The average Bonchev–Trinajstić information content (AvgIpc) is 2.88. The molecular formula is C30H23NO2. The molecule has 0 radical (unpaired) electrons. The molecular weight excluding hydrogens is 406 g/mol. The summed E-state index contributed by atoms with van der Waals surface area (Å²) in [6, 6.07) is 39.7. The van der Waals surface area contributed by atoms with Gasteiger partial charge in [-0.3, -0.25) is 4.79 Å². The molecule has 0 atom stereocenters. The van der Waals surface area contributed by atoms with Gasteiger partial charge in [-0.15, -0.1) is 4.73 Å². The molecule has 0 saturated heterocycles. The minimum atomic E-state index is -0.402. The molecule has 33 heavy (non-hydrogen) atoms. The van der Waals surface area contributed by atoms with Crippen molar-refractivity contribution in [2.24, 2.45) is 0 Å². The molecule has 0 saturated carbocycles. The molecule has 0 unspecified atom stereocenters. The lowest BCUT2D eigenvalue weighted by Gasteiger charge is -2.16. The number of nitrogens with zero attached hydrogens (tertiary/aromatic N) is 1. The standard InChI is InChI=1S/C30H23NO2/c32-30-27(20-22-16-18-24(19-17-22)23-10-4-1-5-11-23)21-28(25-12-6-2-7-13-25)29(31(30)33)26-14-8-3-9-15-26/h1-19,21,33H,20H2. The monoisotopic (exact) mass is 429 g/mol. The quantitative estimate of drug-likeness (QED) is 0.317. The minimum absolute atomic E-state index is 0.402. The van der Waals surface area contributed by atoms with E-state index in [4.69, 9.17) is 0 Å². The van der Waals surface area contributed by atoms with Gasteiger partial charge < -0.3 is 5.21 Å². The van der Waals surface area contributed by atoms with Crippen LogP contribution in [-0.2, 0) is 6.42 Å². The van der Waals surface area contributed by atoms with Crippen LogP contribution < -0.4 is 5.56 Å². The summed E-state index contributed by atoms with van der Waals surface area (Å²) in [5, 5.41) is 10.9. The maximum absolute atomic E-state index is 13.2. The van der Waals surface area contributed by atoms with Gasteiger partial charge in [-0.1, -0.05) is 115 Å². The maximum Gasteiger partial charge on any atom is 0.286 e. The zero-order valence-corrected chi connectivity index (χ0v) is 18.1. The normalized spacial score (nSPS) is 10.8. The number of pyridine rings is 1. The Bertz CT molecular complexity index is 1420. The minimum Gasteiger partial charge on any atom is -0.425 e. The molecule has 0 aliphatic heterocycles. The van der Waals surface area contributed by atoms with E-state index in [0.29, 0.717) is 17.7 Å². The summed E-state index contributed by atoms with van der Waals surface area (Å²) in [7, 11) is 0. The molecule has 3 heteroatoms. The van der Waals surface area contributed by atoms with Crippen molar-refractivity contribution >= 4 is 0 Å². The molecule has 0 aliphatic carbocycles. The largest absolute Gasteiger partial charge is 0.425 e. The van der Waals surface area contributed by atoms with E-state index in [1.165, 1.54) is 0 Å². The van der Waals surface area contributed by atoms with Gasteiger partial charge in [0, 0.05) is 23.1 Å². The van der Waals surface area contributed by atoms with E-state index in [-0.39, 0.29) is 0 Å². The molecule has 4 aromatic carbocycles. The van der Waals surface area contributed by atoms with Crippen LogP contribution >= 0.6 is 0 Å². The van der Waals surface area contributed by atoms with E-state index in [0.717, 1.165) is 38.1 Å². The highest BCUT2D eigenvalue weighted by Crippen LogP contribution is 2.31. The van der Waals surface area contributed by atoms with Crippen LogP contribution in [0.15, 0.2) is 126 Å². The van der Waals surface area contributed by atoms with Crippen LogP contribution in [0.1, 0.15) is 11.1 Å². The fraction of sp³-hybridized carbons (Fsp3) is 0.0333. The first kappa shape index (κ1) is 20.5. The highest BCUT2D eigenvalue weighted by atomic mass is 16.5. The van der Waals surface area contributed by atoms with Crippen LogP contribution in [0.4, 0.5) is 0 Å². The Morgan fingerprint density at radius 1 is 0.576 bits per heavy atom. The smallest absolute Gasteiger partial charge is 0.286 e. The molecule has 5 rings (SSSR count). The maximum atomic E-state index is 13.2. The molecule has 0 amide bonds. The topological polar surface area (TPSA) is 42.2 Å². The second kappa shape index (κ2) is 9.01. The number of aromatic nitrogens is 1. The van der Waals surface area contributed by atoms with Crippen LogP contribution in [-0.4, -0.2) is 9.94 Å². The van der Waals surface area contributed by atoms with Gasteiger partial charge in [0.2, 0.25) is 0 Å². The summed E-state index contributed by atoms with van der Waals surface area (Å²) in [6.45, 7) is 0. The summed E-state index contributed by atoms with van der Waals surface area (Å²) in [5.41, 5.74) is 6.48. The predicted octanol–water partition coefficient (Wildman–Crippen LogP) is 6.68. The van der Waals surface area contributed by atoms with E-state index in [1.807, 2.05) is 97.1 Å². The summed E-state index contributed by atoms with van der Waals surface area (Å²) in [5.74, 6) is 0. The van der Waals surface area contributed by atoms with Gasteiger partial charge in [0.25, 0.3) is 5.56 Å². The van der Waals surface area contributed by atoms with Gasteiger partial charge in [-0.05, 0) is 28.3 Å². The van der Waals surface area contributed by atoms with Crippen molar-refractivity contribution < 1.29 is 5.21 Å². The number of hydrogen-bond donors (Lipinski definition) is 1. The second-order valence-electron chi connectivity index (χ2n) is 8.02. The van der Waals surface area contributed by atoms with Crippen LogP contribution in [0.25, 0.3) is 33.5 Å². The van der Waals surface area contributed by atoms with Crippen molar-refractivity contribution in [2.75, 3.05) is 0 Å². The Kier molecular flexibility index (Phi) is 5.61. The lowest BCUT2D eigenvalue weighted by atomic mass is 9.95. The zero-order chi connectivity index (χ0) is 22.6. The van der Waals surface area contributed by atoms with Crippen molar-refractivity contribution in [2.45, 2.75) is 6.42 Å². The highest BCUT2D eigenvalue weighted by Gasteiger charge is 2.17. The molecule has 0 aliphatic rings. The third kappa shape index (κ3) is 4.21. The summed E-state index contributed by atoms with van der Waals surface area (Å²) in [6.07, 6.45) is 0.434. The van der Waals surface area contributed by atoms with E-state index >= 15 is 0 Å². The van der Waals surface area contributed by atoms with Gasteiger partial charge in [0.1, 0.15) is 0 Å². The first-order chi connectivity index (χ1) is 16.2. The lowest BCUT2D eigenvalue weighted by Crippen LogP contribution is -2.24. The molecule has 0 fully saturated rings. The molecule has 160 valence electrons. The Labute approximate surface area is 192 Å². The summed E-state index contributed by atoms with van der Waals surface area (Å²) in [4.78, 5) is 13.2. The molecule has 1 aromatic heterocycles. The van der Waals surface area contributed by atoms with Gasteiger partial charge >= 0.3 is 0 Å². The zero-order valence-electron chi connectivity index (χ0n) is 18.1. The number of benzene rings is 4. The fourth-order valence-corrected chi connectivity index (χ4v) is 4.16. The third-order valence-electron chi connectivity index (χ3n) is 5.84.